The van der Waals surface area contributed by atoms with E-state index >= 15 is 0 Å². The summed E-state index contributed by atoms with van der Waals surface area (Å²) in [7, 11) is 0. The Balaban J connectivity index is 2.78. The monoisotopic (exact) mass is 214 g/mol. The van der Waals surface area contributed by atoms with Crippen LogP contribution in [0.3, 0.4) is 0 Å². The van der Waals surface area contributed by atoms with Gasteiger partial charge in [-0.05, 0) is 18.6 Å². The number of hydrogen-bond acceptors (Lipinski definition) is 2. The number of para-hydroxylation sites is 1. The SMILES string of the molecule is Cc1cccc(C(=O)NCC(F)F)c1N. The van der Waals surface area contributed by atoms with Gasteiger partial charge in [-0.1, -0.05) is 12.1 Å². The molecular weight excluding hydrogens is 202 g/mol. The molecule has 1 rings (SSSR count). The number of alkyl halides is 2. The van der Waals surface area contributed by atoms with Crippen LogP contribution in [0, 0.1) is 6.92 Å². The maximum Gasteiger partial charge on any atom is 0.255 e. The second kappa shape index (κ2) is 4.72. The second-order valence-electron chi connectivity index (χ2n) is 3.14. The largest absolute Gasteiger partial charge is 0.398 e. The third-order valence-electron chi connectivity index (χ3n) is 1.99. The van der Waals surface area contributed by atoms with Gasteiger partial charge < -0.3 is 11.1 Å². The van der Waals surface area contributed by atoms with Crippen LogP contribution in [0.2, 0.25) is 0 Å². The highest BCUT2D eigenvalue weighted by Gasteiger charge is 2.12. The Kier molecular flexibility index (Phi) is 3.60. The molecule has 0 aliphatic carbocycles. The number of carbonyl (C=O) groups is 1. The number of nitrogens with two attached hydrogens (primary N) is 1. The molecule has 82 valence electrons. The van der Waals surface area contributed by atoms with Gasteiger partial charge >= 0.3 is 0 Å². The molecule has 5 heteroatoms. The minimum atomic E-state index is -2.56. The molecule has 0 atom stereocenters. The van der Waals surface area contributed by atoms with Gasteiger partial charge in [-0.25, -0.2) is 8.78 Å². The summed E-state index contributed by atoms with van der Waals surface area (Å²) in [5.41, 5.74) is 6.95. The van der Waals surface area contributed by atoms with Crippen molar-refractivity contribution in [1.82, 2.24) is 5.32 Å². The molecule has 0 fully saturated rings. The van der Waals surface area contributed by atoms with Gasteiger partial charge in [-0.2, -0.15) is 0 Å². The minimum Gasteiger partial charge on any atom is -0.398 e. The Hall–Kier alpha value is -1.65. The van der Waals surface area contributed by atoms with Crippen LogP contribution in [0.4, 0.5) is 14.5 Å². The lowest BCUT2D eigenvalue weighted by Crippen LogP contribution is -2.29. The molecule has 0 unspecified atom stereocenters. The Morgan fingerprint density at radius 1 is 1.53 bits per heavy atom. The number of nitrogen functional groups attached to an aromatic ring is 1. The summed E-state index contributed by atoms with van der Waals surface area (Å²) < 4.78 is 23.7. The molecule has 0 saturated carbocycles. The first kappa shape index (κ1) is 11.4. The van der Waals surface area contributed by atoms with Gasteiger partial charge in [0.1, 0.15) is 0 Å². The zero-order valence-corrected chi connectivity index (χ0v) is 8.26. The van der Waals surface area contributed by atoms with Gasteiger partial charge in [0.15, 0.2) is 0 Å². The molecule has 0 aliphatic heterocycles. The molecule has 1 aromatic rings. The first-order valence-electron chi connectivity index (χ1n) is 4.44. The van der Waals surface area contributed by atoms with Crippen molar-refractivity contribution in [3.63, 3.8) is 0 Å². The standard InChI is InChI=1S/C10H12F2N2O/c1-6-3-2-4-7(9(6)13)10(15)14-5-8(11)12/h2-4,8H,5,13H2,1H3,(H,14,15). The summed E-state index contributed by atoms with van der Waals surface area (Å²) in [5, 5.41) is 2.10. The van der Waals surface area contributed by atoms with E-state index in [1.165, 1.54) is 6.07 Å². The molecule has 3 nitrogen and oxygen atoms in total. The van der Waals surface area contributed by atoms with Crippen molar-refractivity contribution >= 4 is 11.6 Å². The predicted molar refractivity (Wildman–Crippen MR) is 53.9 cm³/mol. The summed E-state index contributed by atoms with van der Waals surface area (Å²) >= 11 is 0. The molecule has 1 amide bonds. The number of aryl methyl sites for hydroxylation is 1. The van der Waals surface area contributed by atoms with Crippen molar-refractivity contribution < 1.29 is 13.6 Å². The number of anilines is 1. The van der Waals surface area contributed by atoms with Crippen LogP contribution in [0.1, 0.15) is 15.9 Å². The Morgan fingerprint density at radius 3 is 2.80 bits per heavy atom. The minimum absolute atomic E-state index is 0.232. The summed E-state index contributed by atoms with van der Waals surface area (Å²) in [4.78, 5) is 11.4. The normalized spacial score (nSPS) is 10.4. The van der Waals surface area contributed by atoms with Gasteiger partial charge in [-0.3, -0.25) is 4.79 Å². The average Bonchev–Trinajstić information content (AvgIpc) is 2.18. The molecule has 0 aliphatic rings. The van der Waals surface area contributed by atoms with Gasteiger partial charge in [0, 0.05) is 5.69 Å². The van der Waals surface area contributed by atoms with Crippen LogP contribution in [0.15, 0.2) is 18.2 Å². The smallest absolute Gasteiger partial charge is 0.255 e. The first-order chi connectivity index (χ1) is 7.02. The second-order valence-corrected chi connectivity index (χ2v) is 3.14. The fourth-order valence-corrected chi connectivity index (χ4v) is 1.14. The lowest BCUT2D eigenvalue weighted by molar-refractivity contribution is 0.0892. The van der Waals surface area contributed by atoms with Crippen LogP contribution in [0.25, 0.3) is 0 Å². The predicted octanol–water partition coefficient (Wildman–Crippen LogP) is 1.57. The topological polar surface area (TPSA) is 55.1 Å². The van der Waals surface area contributed by atoms with Crippen LogP contribution in [-0.4, -0.2) is 18.9 Å². The van der Waals surface area contributed by atoms with Crippen molar-refractivity contribution in [3.05, 3.63) is 29.3 Å². The van der Waals surface area contributed by atoms with Crippen LogP contribution >= 0.6 is 0 Å². The average molecular weight is 214 g/mol. The molecule has 0 aromatic heterocycles. The number of carbonyl (C=O) groups excluding carboxylic acids is 1. The fourth-order valence-electron chi connectivity index (χ4n) is 1.14. The molecule has 15 heavy (non-hydrogen) atoms. The van der Waals surface area contributed by atoms with Crippen molar-refractivity contribution in [2.45, 2.75) is 13.3 Å². The van der Waals surface area contributed by atoms with E-state index in [1.807, 2.05) is 0 Å². The summed E-state index contributed by atoms with van der Waals surface area (Å²) in [6.45, 7) is 1.09. The van der Waals surface area contributed by atoms with Crippen LogP contribution in [-0.2, 0) is 0 Å². The summed E-state index contributed by atoms with van der Waals surface area (Å²) in [5.74, 6) is -0.573. The van der Waals surface area contributed by atoms with Crippen molar-refractivity contribution in [2.75, 3.05) is 12.3 Å². The van der Waals surface area contributed by atoms with Crippen molar-refractivity contribution in [1.29, 1.82) is 0 Å². The van der Waals surface area contributed by atoms with E-state index in [0.29, 0.717) is 5.69 Å². The molecule has 0 bridgehead atoms. The highest BCUT2D eigenvalue weighted by atomic mass is 19.3. The quantitative estimate of drug-likeness (QED) is 0.750. The number of benzene rings is 1. The van der Waals surface area contributed by atoms with Crippen molar-refractivity contribution in [2.24, 2.45) is 0 Å². The van der Waals surface area contributed by atoms with Crippen LogP contribution in [0.5, 0.6) is 0 Å². The van der Waals surface area contributed by atoms with E-state index in [9.17, 15) is 13.6 Å². The molecule has 0 saturated heterocycles. The van der Waals surface area contributed by atoms with Gasteiger partial charge in [-0.15, -0.1) is 0 Å². The lowest BCUT2D eigenvalue weighted by Gasteiger charge is -2.08. The molecular formula is C10H12F2N2O. The number of halogens is 2. The van der Waals surface area contributed by atoms with E-state index in [1.54, 1.807) is 19.1 Å². The Morgan fingerprint density at radius 2 is 2.20 bits per heavy atom. The third kappa shape index (κ3) is 2.90. The maximum atomic E-state index is 11.8. The van der Waals surface area contributed by atoms with Gasteiger partial charge in [0.05, 0.1) is 12.1 Å². The Labute approximate surface area is 86.3 Å². The maximum absolute atomic E-state index is 11.8. The van der Waals surface area contributed by atoms with Crippen molar-refractivity contribution in [3.8, 4) is 0 Å². The van der Waals surface area contributed by atoms with Gasteiger partial charge in [0.2, 0.25) is 0 Å². The molecule has 0 heterocycles. The molecule has 0 spiro atoms. The number of amides is 1. The first-order valence-corrected chi connectivity index (χ1v) is 4.44. The van der Waals surface area contributed by atoms with E-state index in [-0.39, 0.29) is 5.56 Å². The lowest BCUT2D eigenvalue weighted by atomic mass is 10.1. The van der Waals surface area contributed by atoms with E-state index in [2.05, 4.69) is 5.32 Å². The highest BCUT2D eigenvalue weighted by molar-refractivity contribution is 5.99. The van der Waals surface area contributed by atoms with Gasteiger partial charge in [0.25, 0.3) is 12.3 Å². The molecule has 0 radical (unpaired) electrons. The number of hydrogen-bond donors (Lipinski definition) is 2. The van der Waals surface area contributed by atoms with Crippen LogP contribution < -0.4 is 11.1 Å². The number of rotatable bonds is 3. The van der Waals surface area contributed by atoms with E-state index < -0.39 is 18.9 Å². The fraction of sp³-hybridized carbons (Fsp3) is 0.300. The zero-order chi connectivity index (χ0) is 11.4. The Bertz CT molecular complexity index is 366. The number of nitrogens with one attached hydrogen (secondary N) is 1. The molecule has 3 N–H and O–H groups in total. The zero-order valence-electron chi connectivity index (χ0n) is 8.26. The summed E-state index contributed by atoms with van der Waals surface area (Å²) in [6, 6.07) is 4.91. The molecule has 1 aromatic carbocycles. The van der Waals surface area contributed by atoms with E-state index in [4.69, 9.17) is 5.73 Å². The third-order valence-corrected chi connectivity index (χ3v) is 1.99. The van der Waals surface area contributed by atoms with E-state index in [0.717, 1.165) is 5.56 Å². The summed E-state index contributed by atoms with van der Waals surface area (Å²) in [6.07, 6.45) is -2.56. The highest BCUT2D eigenvalue weighted by Crippen LogP contribution is 2.15.